The van der Waals surface area contributed by atoms with Gasteiger partial charge in [0.15, 0.2) is 6.73 Å². The number of nitrogens with one attached hydrogen (secondary N) is 1. The monoisotopic (exact) mass is 304 g/mol. The number of carbonyl (C=O) groups is 2. The highest BCUT2D eigenvalue weighted by Crippen LogP contribution is 2.19. The predicted octanol–water partition coefficient (Wildman–Crippen LogP) is 3.01. The molecule has 1 fully saturated rings. The van der Waals surface area contributed by atoms with E-state index in [0.29, 0.717) is 13.0 Å². The van der Waals surface area contributed by atoms with Crippen molar-refractivity contribution in [1.82, 2.24) is 10.2 Å². The fourth-order valence-corrected chi connectivity index (χ4v) is 2.53. The zero-order valence-corrected chi connectivity index (χ0v) is 13.3. The molecule has 22 heavy (non-hydrogen) atoms. The van der Waals surface area contributed by atoms with Crippen molar-refractivity contribution in [2.24, 2.45) is 0 Å². The number of benzene rings is 1. The predicted molar refractivity (Wildman–Crippen MR) is 84.1 cm³/mol. The summed E-state index contributed by atoms with van der Waals surface area (Å²) < 4.78 is 5.22. The second-order valence-corrected chi connectivity index (χ2v) is 6.14. The standard InChI is InChI=1S/C17H24N2O3/c1-17(2,14-9-5-3-6-10-14)18-16(21)22-13-19-12-8-4-7-11-15(19)20/h3,5-6,9-10H,4,7-8,11-13H2,1-2H3,(H,18,21). The zero-order valence-electron chi connectivity index (χ0n) is 13.3. The van der Waals surface area contributed by atoms with Crippen LogP contribution in [0.15, 0.2) is 30.3 Å². The second kappa shape index (κ2) is 7.29. The lowest BCUT2D eigenvalue weighted by Crippen LogP contribution is -2.43. The third-order valence-electron chi connectivity index (χ3n) is 3.93. The Bertz CT molecular complexity index is 514. The van der Waals surface area contributed by atoms with E-state index in [0.717, 1.165) is 24.8 Å². The molecule has 0 aliphatic carbocycles. The van der Waals surface area contributed by atoms with Gasteiger partial charge in [-0.3, -0.25) is 4.79 Å². The number of rotatable bonds is 4. The van der Waals surface area contributed by atoms with E-state index in [2.05, 4.69) is 5.32 Å². The van der Waals surface area contributed by atoms with E-state index in [4.69, 9.17) is 4.74 Å². The minimum absolute atomic E-state index is 0.0233. The maximum absolute atomic E-state index is 12.0. The van der Waals surface area contributed by atoms with Crippen molar-refractivity contribution in [2.45, 2.75) is 45.1 Å². The Morgan fingerprint density at radius 1 is 1.23 bits per heavy atom. The van der Waals surface area contributed by atoms with Crippen molar-refractivity contribution in [3.63, 3.8) is 0 Å². The van der Waals surface area contributed by atoms with Crippen LogP contribution in [0.3, 0.4) is 0 Å². The van der Waals surface area contributed by atoms with Gasteiger partial charge in [-0.2, -0.15) is 0 Å². The third kappa shape index (κ3) is 4.48. The minimum Gasteiger partial charge on any atom is -0.428 e. The molecule has 5 heteroatoms. The number of likely N-dealkylation sites (tertiary alicyclic amines) is 1. The van der Waals surface area contributed by atoms with Crippen molar-refractivity contribution in [3.8, 4) is 0 Å². The molecule has 2 amide bonds. The number of carbonyl (C=O) groups excluding carboxylic acids is 2. The molecule has 1 aliphatic heterocycles. The largest absolute Gasteiger partial charge is 0.428 e. The van der Waals surface area contributed by atoms with Gasteiger partial charge in [0.05, 0.1) is 5.54 Å². The van der Waals surface area contributed by atoms with E-state index in [-0.39, 0.29) is 12.6 Å². The first-order valence-corrected chi connectivity index (χ1v) is 7.77. The van der Waals surface area contributed by atoms with E-state index >= 15 is 0 Å². The van der Waals surface area contributed by atoms with Crippen LogP contribution in [0.2, 0.25) is 0 Å². The summed E-state index contributed by atoms with van der Waals surface area (Å²) in [5.41, 5.74) is 0.471. The minimum atomic E-state index is -0.527. The van der Waals surface area contributed by atoms with E-state index < -0.39 is 11.6 Å². The summed E-state index contributed by atoms with van der Waals surface area (Å²) in [5, 5.41) is 2.84. The zero-order chi connectivity index (χ0) is 16.0. The molecule has 0 aromatic heterocycles. The van der Waals surface area contributed by atoms with Crippen LogP contribution in [0.5, 0.6) is 0 Å². The second-order valence-electron chi connectivity index (χ2n) is 6.14. The maximum Gasteiger partial charge on any atom is 0.409 e. The fraction of sp³-hybridized carbons (Fsp3) is 0.529. The van der Waals surface area contributed by atoms with Gasteiger partial charge in [-0.15, -0.1) is 0 Å². The van der Waals surface area contributed by atoms with E-state index in [9.17, 15) is 9.59 Å². The molecule has 120 valence electrons. The lowest BCUT2D eigenvalue weighted by Gasteiger charge is -2.27. The molecule has 1 saturated heterocycles. The molecule has 1 aliphatic rings. The Hall–Kier alpha value is -2.04. The van der Waals surface area contributed by atoms with Gasteiger partial charge >= 0.3 is 6.09 Å². The Kier molecular flexibility index (Phi) is 5.41. The Morgan fingerprint density at radius 2 is 1.95 bits per heavy atom. The molecule has 1 aromatic rings. The normalized spacial score (nSPS) is 16.1. The lowest BCUT2D eigenvalue weighted by molar-refractivity contribution is -0.134. The SMILES string of the molecule is CC(C)(NC(=O)OCN1CCCCCC1=O)c1ccccc1. The topological polar surface area (TPSA) is 58.6 Å². The number of nitrogens with zero attached hydrogens (tertiary/aromatic N) is 1. The molecule has 1 heterocycles. The average Bonchev–Trinajstić information content (AvgIpc) is 2.70. The number of alkyl carbamates (subject to hydrolysis) is 1. The molecule has 0 radical (unpaired) electrons. The highest BCUT2D eigenvalue weighted by Gasteiger charge is 2.24. The summed E-state index contributed by atoms with van der Waals surface area (Å²) in [6.07, 6.45) is 2.97. The van der Waals surface area contributed by atoms with E-state index in [1.165, 1.54) is 0 Å². The first-order valence-electron chi connectivity index (χ1n) is 7.77. The molecule has 0 unspecified atom stereocenters. The van der Waals surface area contributed by atoms with Crippen LogP contribution >= 0.6 is 0 Å². The van der Waals surface area contributed by atoms with Crippen molar-refractivity contribution >= 4 is 12.0 Å². The van der Waals surface area contributed by atoms with Crippen LogP contribution in [0.4, 0.5) is 4.79 Å². The van der Waals surface area contributed by atoms with Gasteiger partial charge in [-0.05, 0) is 32.3 Å². The molecular formula is C17H24N2O3. The quantitative estimate of drug-likeness (QED) is 0.930. The molecule has 5 nitrogen and oxygen atoms in total. The highest BCUT2D eigenvalue weighted by molar-refractivity contribution is 5.76. The summed E-state index contributed by atoms with van der Waals surface area (Å²) >= 11 is 0. The van der Waals surface area contributed by atoms with Gasteiger partial charge in [0.25, 0.3) is 0 Å². The smallest absolute Gasteiger partial charge is 0.409 e. The van der Waals surface area contributed by atoms with Gasteiger partial charge in [0, 0.05) is 13.0 Å². The average molecular weight is 304 g/mol. The van der Waals surface area contributed by atoms with Gasteiger partial charge < -0.3 is 15.0 Å². The van der Waals surface area contributed by atoms with Crippen molar-refractivity contribution in [3.05, 3.63) is 35.9 Å². The number of amides is 2. The van der Waals surface area contributed by atoms with Crippen LogP contribution < -0.4 is 5.32 Å². The fourth-order valence-electron chi connectivity index (χ4n) is 2.53. The summed E-state index contributed by atoms with van der Waals surface area (Å²) in [6.45, 7) is 4.52. The molecule has 1 N–H and O–H groups in total. The van der Waals surface area contributed by atoms with Crippen LogP contribution in [0.25, 0.3) is 0 Å². The molecule has 0 spiro atoms. The Labute approximate surface area is 131 Å². The Balaban J connectivity index is 1.86. The molecule has 0 bridgehead atoms. The molecule has 0 atom stereocenters. The summed E-state index contributed by atoms with van der Waals surface area (Å²) in [6, 6.07) is 9.71. The molecule has 2 rings (SSSR count). The summed E-state index contributed by atoms with van der Waals surface area (Å²) in [5.74, 6) is 0.0626. The van der Waals surface area contributed by atoms with E-state index in [1.54, 1.807) is 4.90 Å². The van der Waals surface area contributed by atoms with E-state index in [1.807, 2.05) is 44.2 Å². The number of hydrogen-bond acceptors (Lipinski definition) is 3. The third-order valence-corrected chi connectivity index (χ3v) is 3.93. The maximum atomic E-state index is 12.0. The Morgan fingerprint density at radius 3 is 2.68 bits per heavy atom. The summed E-state index contributed by atoms with van der Waals surface area (Å²) in [4.78, 5) is 25.5. The number of ether oxygens (including phenoxy) is 1. The van der Waals surface area contributed by atoms with Crippen LogP contribution in [-0.2, 0) is 15.1 Å². The molecule has 1 aromatic carbocycles. The van der Waals surface area contributed by atoms with Gasteiger partial charge in [0.1, 0.15) is 0 Å². The first-order chi connectivity index (χ1) is 10.5. The van der Waals surface area contributed by atoms with Crippen molar-refractivity contribution < 1.29 is 14.3 Å². The van der Waals surface area contributed by atoms with Gasteiger partial charge in [-0.25, -0.2) is 4.79 Å². The first kappa shape index (κ1) is 16.3. The number of hydrogen-bond donors (Lipinski definition) is 1. The van der Waals surface area contributed by atoms with Crippen molar-refractivity contribution in [2.75, 3.05) is 13.3 Å². The lowest BCUT2D eigenvalue weighted by atomic mass is 9.95. The van der Waals surface area contributed by atoms with Crippen LogP contribution in [-0.4, -0.2) is 30.2 Å². The molecular weight excluding hydrogens is 280 g/mol. The highest BCUT2D eigenvalue weighted by atomic mass is 16.6. The van der Waals surface area contributed by atoms with Gasteiger partial charge in [-0.1, -0.05) is 36.8 Å². The van der Waals surface area contributed by atoms with Crippen LogP contribution in [0.1, 0.15) is 45.1 Å². The molecule has 0 saturated carbocycles. The van der Waals surface area contributed by atoms with Crippen molar-refractivity contribution in [1.29, 1.82) is 0 Å². The van der Waals surface area contributed by atoms with Crippen LogP contribution in [0, 0.1) is 0 Å². The summed E-state index contributed by atoms with van der Waals surface area (Å²) in [7, 11) is 0. The van der Waals surface area contributed by atoms with Gasteiger partial charge in [0.2, 0.25) is 5.91 Å².